The Balaban J connectivity index is 1.92. The Hall–Kier alpha value is -2.84. The second-order valence-electron chi connectivity index (χ2n) is 9.10. The van der Waals surface area contributed by atoms with Gasteiger partial charge < -0.3 is 5.73 Å². The number of benzene rings is 1. The predicted octanol–water partition coefficient (Wildman–Crippen LogP) is 5.66. The maximum absolute atomic E-state index is 13.2. The molecule has 1 aromatic carbocycles. The van der Waals surface area contributed by atoms with Crippen molar-refractivity contribution in [3.05, 3.63) is 74.4 Å². The van der Waals surface area contributed by atoms with Crippen LogP contribution in [0.15, 0.2) is 59.1 Å². The Labute approximate surface area is 182 Å². The molecule has 2 heterocycles. The fraction of sp³-hybridized carbons (Fsp3) is 0.360. The number of rotatable bonds is 2. The molecule has 154 valence electrons. The standard InChI is InChI=1S/C25H27N3OS/c1-15-8-10-16(11-9-15)28-18-6-5-7-19(29)23(18)22(17(14-26)24(28)27)20-12-13-21(30-20)25(2,3)4/h8-13,22H,5-7,27H2,1-4H3/t22-/m1/s1. The van der Waals surface area contributed by atoms with E-state index in [1.54, 1.807) is 11.3 Å². The number of thiophene rings is 1. The lowest BCUT2D eigenvalue weighted by Crippen LogP contribution is -2.38. The number of hydrogen-bond donors (Lipinski definition) is 1. The first-order valence-corrected chi connectivity index (χ1v) is 11.2. The lowest BCUT2D eigenvalue weighted by molar-refractivity contribution is -0.116. The molecule has 0 spiro atoms. The minimum absolute atomic E-state index is 0.0152. The highest BCUT2D eigenvalue weighted by Gasteiger charge is 2.41. The van der Waals surface area contributed by atoms with E-state index in [9.17, 15) is 10.1 Å². The summed E-state index contributed by atoms with van der Waals surface area (Å²) in [5.74, 6) is 0.190. The number of carbonyl (C=O) groups is 1. The van der Waals surface area contributed by atoms with Gasteiger partial charge in [0.15, 0.2) is 5.78 Å². The molecule has 0 amide bonds. The van der Waals surface area contributed by atoms with E-state index < -0.39 is 0 Å². The number of aryl methyl sites for hydroxylation is 1. The number of hydrogen-bond acceptors (Lipinski definition) is 5. The SMILES string of the molecule is Cc1ccc(N2C(N)=C(C#N)[C@H](c3ccc(C(C)(C)C)s3)C3=C2CCCC3=O)cc1. The molecular formula is C25H27N3OS. The van der Waals surface area contributed by atoms with E-state index >= 15 is 0 Å². The minimum Gasteiger partial charge on any atom is -0.384 e. The first-order valence-electron chi connectivity index (χ1n) is 10.4. The van der Waals surface area contributed by atoms with E-state index in [1.165, 1.54) is 4.88 Å². The number of nitrogens with zero attached hydrogens (tertiary/aromatic N) is 2. The third-order valence-electron chi connectivity index (χ3n) is 5.86. The Morgan fingerprint density at radius 3 is 2.43 bits per heavy atom. The number of carbonyl (C=O) groups excluding carboxylic acids is 1. The largest absolute Gasteiger partial charge is 0.384 e. The molecule has 30 heavy (non-hydrogen) atoms. The highest BCUT2D eigenvalue weighted by molar-refractivity contribution is 7.12. The second kappa shape index (κ2) is 7.45. The Bertz CT molecular complexity index is 1110. The normalized spacial score (nSPS) is 19.8. The molecule has 0 fully saturated rings. The lowest BCUT2D eigenvalue weighted by atomic mass is 9.78. The second-order valence-corrected chi connectivity index (χ2v) is 10.2. The monoisotopic (exact) mass is 417 g/mol. The van der Waals surface area contributed by atoms with Gasteiger partial charge in [-0.3, -0.25) is 9.69 Å². The summed E-state index contributed by atoms with van der Waals surface area (Å²) in [6, 6.07) is 14.6. The first kappa shape index (κ1) is 20.4. The van der Waals surface area contributed by atoms with Crippen LogP contribution in [0.1, 0.15) is 61.3 Å². The summed E-state index contributed by atoms with van der Waals surface area (Å²) in [5, 5.41) is 10.1. The molecule has 1 aliphatic heterocycles. The average molecular weight is 418 g/mol. The van der Waals surface area contributed by atoms with Gasteiger partial charge in [-0.1, -0.05) is 38.5 Å². The van der Waals surface area contributed by atoms with Crippen molar-refractivity contribution >= 4 is 22.8 Å². The van der Waals surface area contributed by atoms with Crippen LogP contribution < -0.4 is 10.6 Å². The van der Waals surface area contributed by atoms with Crippen molar-refractivity contribution in [2.45, 2.75) is 58.3 Å². The van der Waals surface area contributed by atoms with Crippen LogP contribution in [0, 0.1) is 18.3 Å². The van der Waals surface area contributed by atoms with Gasteiger partial charge in [-0.15, -0.1) is 11.3 Å². The van der Waals surface area contributed by atoms with Crippen molar-refractivity contribution in [3.63, 3.8) is 0 Å². The third-order valence-corrected chi connectivity index (χ3v) is 7.43. The maximum atomic E-state index is 13.2. The molecule has 4 nitrogen and oxygen atoms in total. The van der Waals surface area contributed by atoms with E-state index in [4.69, 9.17) is 5.73 Å². The topological polar surface area (TPSA) is 70.1 Å². The van der Waals surface area contributed by atoms with Crippen LogP contribution in [0.2, 0.25) is 0 Å². The molecule has 1 aliphatic carbocycles. The smallest absolute Gasteiger partial charge is 0.161 e. The quantitative estimate of drug-likeness (QED) is 0.684. The predicted molar refractivity (Wildman–Crippen MR) is 122 cm³/mol. The van der Waals surface area contributed by atoms with Crippen molar-refractivity contribution in [1.82, 2.24) is 0 Å². The molecule has 5 heteroatoms. The van der Waals surface area contributed by atoms with E-state index in [1.807, 2.05) is 36.1 Å². The Morgan fingerprint density at radius 2 is 1.83 bits per heavy atom. The summed E-state index contributed by atoms with van der Waals surface area (Å²) in [6.45, 7) is 8.56. The summed E-state index contributed by atoms with van der Waals surface area (Å²) in [7, 11) is 0. The van der Waals surface area contributed by atoms with Crippen molar-refractivity contribution in [1.29, 1.82) is 5.26 Å². The van der Waals surface area contributed by atoms with Gasteiger partial charge in [-0.2, -0.15) is 5.26 Å². The number of ketones is 1. The lowest BCUT2D eigenvalue weighted by Gasteiger charge is -2.39. The number of nitrogens with two attached hydrogens (primary N) is 1. The fourth-order valence-corrected chi connectivity index (χ4v) is 5.46. The summed E-state index contributed by atoms with van der Waals surface area (Å²) in [4.78, 5) is 17.3. The number of allylic oxidation sites excluding steroid dienone is 3. The molecular weight excluding hydrogens is 390 g/mol. The molecule has 0 saturated heterocycles. The van der Waals surface area contributed by atoms with Crippen LogP contribution in [0.4, 0.5) is 5.69 Å². The van der Waals surface area contributed by atoms with Gasteiger partial charge in [0, 0.05) is 33.1 Å². The van der Waals surface area contributed by atoms with E-state index in [2.05, 4.69) is 39.0 Å². The van der Waals surface area contributed by atoms with Gasteiger partial charge in [0.2, 0.25) is 0 Å². The van der Waals surface area contributed by atoms with E-state index in [-0.39, 0.29) is 17.1 Å². The minimum atomic E-state index is -0.374. The van der Waals surface area contributed by atoms with Gasteiger partial charge in [0.05, 0.1) is 17.6 Å². The van der Waals surface area contributed by atoms with Crippen LogP contribution in [0.5, 0.6) is 0 Å². The summed E-state index contributed by atoms with van der Waals surface area (Å²) in [5.41, 5.74) is 10.8. The molecule has 1 aromatic heterocycles. The number of anilines is 1. The third kappa shape index (κ3) is 3.36. The summed E-state index contributed by atoms with van der Waals surface area (Å²) >= 11 is 1.68. The number of Topliss-reactive ketones (excluding diaryl/α,β-unsaturated/α-hetero) is 1. The molecule has 0 bridgehead atoms. The van der Waals surface area contributed by atoms with Gasteiger partial charge in [-0.05, 0) is 49.4 Å². The number of nitriles is 1. The fourth-order valence-electron chi connectivity index (χ4n) is 4.27. The van der Waals surface area contributed by atoms with Crippen molar-refractivity contribution in [3.8, 4) is 6.07 Å². The highest BCUT2D eigenvalue weighted by Crippen LogP contribution is 2.48. The van der Waals surface area contributed by atoms with Gasteiger partial charge >= 0.3 is 0 Å². The average Bonchev–Trinajstić information content (AvgIpc) is 3.19. The molecule has 0 radical (unpaired) electrons. The zero-order valence-electron chi connectivity index (χ0n) is 18.0. The van der Waals surface area contributed by atoms with E-state index in [0.29, 0.717) is 17.8 Å². The molecule has 0 saturated carbocycles. The van der Waals surface area contributed by atoms with Crippen molar-refractivity contribution in [2.75, 3.05) is 4.90 Å². The molecule has 0 unspecified atom stereocenters. The van der Waals surface area contributed by atoms with Crippen molar-refractivity contribution in [2.24, 2.45) is 5.73 Å². The Morgan fingerprint density at radius 1 is 1.13 bits per heavy atom. The van der Waals surface area contributed by atoms with Gasteiger partial charge in [-0.25, -0.2) is 0 Å². The van der Waals surface area contributed by atoms with Crippen LogP contribution >= 0.6 is 11.3 Å². The van der Waals surface area contributed by atoms with Crippen molar-refractivity contribution < 1.29 is 4.79 Å². The molecule has 4 rings (SSSR count). The molecule has 2 N–H and O–H groups in total. The van der Waals surface area contributed by atoms with Crippen LogP contribution in [0.25, 0.3) is 0 Å². The summed E-state index contributed by atoms with van der Waals surface area (Å²) in [6.07, 6.45) is 2.11. The van der Waals surface area contributed by atoms with Crippen LogP contribution in [-0.4, -0.2) is 5.78 Å². The Kier molecular flexibility index (Phi) is 5.07. The van der Waals surface area contributed by atoms with Gasteiger partial charge in [0.25, 0.3) is 0 Å². The molecule has 1 atom stereocenters. The van der Waals surface area contributed by atoms with Gasteiger partial charge in [0.1, 0.15) is 5.82 Å². The zero-order chi connectivity index (χ0) is 21.6. The molecule has 2 aromatic rings. The highest BCUT2D eigenvalue weighted by atomic mass is 32.1. The van der Waals surface area contributed by atoms with Crippen LogP contribution in [0.3, 0.4) is 0 Å². The first-order chi connectivity index (χ1) is 14.2. The van der Waals surface area contributed by atoms with Crippen LogP contribution in [-0.2, 0) is 10.2 Å². The van der Waals surface area contributed by atoms with E-state index in [0.717, 1.165) is 40.2 Å². The summed E-state index contributed by atoms with van der Waals surface area (Å²) < 4.78 is 0. The maximum Gasteiger partial charge on any atom is 0.161 e. The molecule has 2 aliphatic rings. The zero-order valence-corrected chi connectivity index (χ0v) is 18.8.